The van der Waals surface area contributed by atoms with E-state index >= 15 is 0 Å². The van der Waals surface area contributed by atoms with Crippen LogP contribution in [0.3, 0.4) is 0 Å². The first-order chi connectivity index (χ1) is 8.99. The second kappa shape index (κ2) is 3.85. The molecule has 116 valence electrons. The van der Waals surface area contributed by atoms with Crippen LogP contribution < -0.4 is 0 Å². The molecule has 0 aromatic carbocycles. The van der Waals surface area contributed by atoms with Crippen molar-refractivity contribution in [1.29, 1.82) is 0 Å². The van der Waals surface area contributed by atoms with E-state index in [2.05, 4.69) is 4.74 Å². The molecule has 3 aliphatic rings. The molecular formula is C13H17F5O2. The number of fused-ring (bicyclic) bond motifs is 5. The quantitative estimate of drug-likeness (QED) is 0.696. The molecule has 0 aromatic rings. The van der Waals surface area contributed by atoms with Crippen molar-refractivity contribution < 1.29 is 31.8 Å². The second-order valence-corrected chi connectivity index (χ2v) is 6.58. The lowest BCUT2D eigenvalue weighted by molar-refractivity contribution is -0.464. The van der Waals surface area contributed by atoms with Crippen molar-refractivity contribution in [2.45, 2.75) is 50.7 Å². The molecule has 1 saturated heterocycles. The second-order valence-electron chi connectivity index (χ2n) is 6.58. The molecule has 2 saturated carbocycles. The average molecular weight is 300 g/mol. The number of rotatable bonds is 0. The van der Waals surface area contributed by atoms with Crippen LogP contribution in [-0.2, 0) is 4.74 Å². The normalized spacial score (nSPS) is 54.0. The SMILES string of the molecule is CC1C(C)C2CC1C1CC(F)(F)C(O)(C(F)(F)F)OC21. The van der Waals surface area contributed by atoms with Crippen molar-refractivity contribution in [3.63, 3.8) is 0 Å². The molecule has 7 heteroatoms. The number of hydrogen-bond donors (Lipinski definition) is 1. The minimum Gasteiger partial charge on any atom is -0.354 e. The van der Waals surface area contributed by atoms with Crippen LogP contribution >= 0.6 is 0 Å². The Bertz CT molecular complexity index is 423. The van der Waals surface area contributed by atoms with Crippen LogP contribution in [0.2, 0.25) is 0 Å². The van der Waals surface area contributed by atoms with Crippen LogP contribution in [0.15, 0.2) is 0 Å². The average Bonchev–Trinajstić information content (AvgIpc) is 2.76. The zero-order valence-electron chi connectivity index (χ0n) is 11.1. The van der Waals surface area contributed by atoms with Gasteiger partial charge in [-0.15, -0.1) is 0 Å². The molecule has 2 aliphatic carbocycles. The molecule has 0 amide bonds. The van der Waals surface area contributed by atoms with Gasteiger partial charge in [0, 0.05) is 6.42 Å². The van der Waals surface area contributed by atoms with E-state index in [-0.39, 0.29) is 23.7 Å². The first-order valence-electron chi connectivity index (χ1n) is 6.84. The van der Waals surface area contributed by atoms with Gasteiger partial charge in [-0.3, -0.25) is 0 Å². The molecule has 0 aromatic heterocycles. The van der Waals surface area contributed by atoms with E-state index < -0.39 is 36.3 Å². The number of halogens is 5. The predicted octanol–water partition coefficient (Wildman–Crippen LogP) is 3.20. The molecular weight excluding hydrogens is 283 g/mol. The van der Waals surface area contributed by atoms with Crippen molar-refractivity contribution in [2.75, 3.05) is 0 Å². The van der Waals surface area contributed by atoms with Crippen LogP contribution in [0, 0.1) is 29.6 Å². The molecule has 1 heterocycles. The summed E-state index contributed by atoms with van der Waals surface area (Å²) >= 11 is 0. The van der Waals surface area contributed by atoms with Gasteiger partial charge in [-0.05, 0) is 36.0 Å². The van der Waals surface area contributed by atoms with Gasteiger partial charge in [0.05, 0.1) is 6.10 Å². The lowest BCUT2D eigenvalue weighted by atomic mass is 9.70. The van der Waals surface area contributed by atoms with E-state index in [0.29, 0.717) is 6.42 Å². The van der Waals surface area contributed by atoms with E-state index in [1.807, 2.05) is 13.8 Å². The monoisotopic (exact) mass is 300 g/mol. The summed E-state index contributed by atoms with van der Waals surface area (Å²) in [6, 6.07) is 0. The topological polar surface area (TPSA) is 29.5 Å². The van der Waals surface area contributed by atoms with Crippen LogP contribution in [0.5, 0.6) is 0 Å². The van der Waals surface area contributed by atoms with E-state index in [0.717, 1.165) is 0 Å². The van der Waals surface area contributed by atoms with Crippen molar-refractivity contribution in [3.05, 3.63) is 0 Å². The van der Waals surface area contributed by atoms with Crippen LogP contribution in [0.1, 0.15) is 26.7 Å². The minimum atomic E-state index is -5.50. The summed E-state index contributed by atoms with van der Waals surface area (Å²) < 4.78 is 70.8. The summed E-state index contributed by atoms with van der Waals surface area (Å²) in [5.74, 6) is -9.13. The molecule has 3 rings (SSSR count). The van der Waals surface area contributed by atoms with Gasteiger partial charge in [-0.25, -0.2) is 8.78 Å². The molecule has 7 unspecified atom stereocenters. The summed E-state index contributed by atoms with van der Waals surface area (Å²) in [5, 5.41) is 9.47. The fourth-order valence-corrected chi connectivity index (χ4v) is 4.52. The highest BCUT2D eigenvalue weighted by atomic mass is 19.4. The van der Waals surface area contributed by atoms with E-state index in [9.17, 15) is 27.1 Å². The maximum Gasteiger partial charge on any atom is 0.449 e. The summed E-state index contributed by atoms with van der Waals surface area (Å²) in [4.78, 5) is 0. The fraction of sp³-hybridized carbons (Fsp3) is 1.00. The Morgan fingerprint density at radius 1 is 1.05 bits per heavy atom. The molecule has 1 aliphatic heterocycles. The number of ether oxygens (including phenoxy) is 1. The standard InChI is InChI=1S/C13H17F5O2/c1-5-6(2)8-3-7(5)9-4-11(14,15)12(19,13(16,17)18)20-10(8)9/h5-10,19H,3-4H2,1-2H3. The Hall–Kier alpha value is -0.430. The smallest absolute Gasteiger partial charge is 0.354 e. The zero-order chi connectivity index (χ0) is 15.1. The third-order valence-electron chi connectivity index (χ3n) is 5.80. The number of alkyl halides is 5. The minimum absolute atomic E-state index is 0.0383. The van der Waals surface area contributed by atoms with Gasteiger partial charge in [-0.2, -0.15) is 13.2 Å². The molecule has 0 spiro atoms. The first-order valence-corrected chi connectivity index (χ1v) is 6.84. The van der Waals surface area contributed by atoms with Crippen molar-refractivity contribution in [1.82, 2.24) is 0 Å². The molecule has 2 nitrogen and oxygen atoms in total. The maximum atomic E-state index is 13.8. The molecule has 0 radical (unpaired) electrons. The molecule has 7 atom stereocenters. The van der Waals surface area contributed by atoms with Gasteiger partial charge in [0.15, 0.2) is 0 Å². The molecule has 3 fully saturated rings. The highest BCUT2D eigenvalue weighted by Crippen LogP contribution is 2.63. The molecule has 20 heavy (non-hydrogen) atoms. The van der Waals surface area contributed by atoms with E-state index in [1.54, 1.807) is 0 Å². The van der Waals surface area contributed by atoms with Crippen molar-refractivity contribution in [3.8, 4) is 0 Å². The van der Waals surface area contributed by atoms with Gasteiger partial charge in [-0.1, -0.05) is 13.8 Å². The van der Waals surface area contributed by atoms with Gasteiger partial charge in [0.25, 0.3) is 0 Å². The first kappa shape index (κ1) is 14.5. The third-order valence-corrected chi connectivity index (χ3v) is 5.80. The summed E-state index contributed by atoms with van der Waals surface area (Å²) in [5.41, 5.74) is 0. The van der Waals surface area contributed by atoms with Crippen molar-refractivity contribution in [2.24, 2.45) is 29.6 Å². The largest absolute Gasteiger partial charge is 0.449 e. The summed E-state index contributed by atoms with van der Waals surface area (Å²) in [6.07, 6.45) is -6.76. The number of hydrogen-bond acceptors (Lipinski definition) is 2. The lowest BCUT2D eigenvalue weighted by Crippen LogP contribution is -2.67. The summed E-state index contributed by atoms with van der Waals surface area (Å²) in [6.45, 7) is 3.86. The molecule has 1 N–H and O–H groups in total. The van der Waals surface area contributed by atoms with Crippen LogP contribution in [0.25, 0.3) is 0 Å². The van der Waals surface area contributed by atoms with Crippen LogP contribution in [-0.4, -0.2) is 29.1 Å². The van der Waals surface area contributed by atoms with Gasteiger partial charge in [0.2, 0.25) is 0 Å². The Balaban J connectivity index is 1.95. The fourth-order valence-electron chi connectivity index (χ4n) is 4.52. The predicted molar refractivity (Wildman–Crippen MR) is 58.9 cm³/mol. The van der Waals surface area contributed by atoms with Crippen LogP contribution in [0.4, 0.5) is 22.0 Å². The van der Waals surface area contributed by atoms with Crippen molar-refractivity contribution >= 4 is 0 Å². The summed E-state index contributed by atoms with van der Waals surface area (Å²) in [7, 11) is 0. The lowest BCUT2D eigenvalue weighted by Gasteiger charge is -2.50. The highest BCUT2D eigenvalue weighted by molar-refractivity contribution is 5.10. The Morgan fingerprint density at radius 2 is 1.60 bits per heavy atom. The van der Waals surface area contributed by atoms with Gasteiger partial charge < -0.3 is 9.84 Å². The molecule has 2 bridgehead atoms. The Labute approximate surface area is 113 Å². The van der Waals surface area contributed by atoms with E-state index in [4.69, 9.17) is 0 Å². The third kappa shape index (κ3) is 1.56. The Morgan fingerprint density at radius 3 is 2.15 bits per heavy atom. The zero-order valence-corrected chi connectivity index (χ0v) is 11.1. The highest BCUT2D eigenvalue weighted by Gasteiger charge is 2.77. The van der Waals surface area contributed by atoms with Gasteiger partial charge >= 0.3 is 17.9 Å². The Kier molecular flexibility index (Phi) is 2.79. The van der Waals surface area contributed by atoms with E-state index in [1.165, 1.54) is 0 Å². The number of aliphatic hydroxyl groups is 1. The maximum absolute atomic E-state index is 13.8. The van der Waals surface area contributed by atoms with Gasteiger partial charge in [0.1, 0.15) is 0 Å².